The van der Waals surface area contributed by atoms with Gasteiger partial charge in [-0.25, -0.2) is 14.3 Å². The first-order valence-electron chi connectivity index (χ1n) is 7.44. The first-order chi connectivity index (χ1) is 10.3. The van der Waals surface area contributed by atoms with Crippen LogP contribution in [0.15, 0.2) is 16.7 Å². The smallest absolute Gasteiger partial charge is 0.420 e. The number of nitrogens with zero attached hydrogens (tertiary/aromatic N) is 2. The van der Waals surface area contributed by atoms with E-state index in [0.29, 0.717) is 10.3 Å². The minimum atomic E-state index is -0.544. The monoisotopic (exact) mass is 365 g/mol. The number of carbonyl (C=O) groups excluding carboxylic acids is 1. The van der Waals surface area contributed by atoms with Crippen LogP contribution in [0.4, 0.5) is 4.79 Å². The minimum absolute atomic E-state index is 0.133. The molecular weight excluding hydrogens is 346 g/mol. The number of rotatable bonds is 0. The summed E-state index contributed by atoms with van der Waals surface area (Å²) in [5.74, 6) is 0. The molecule has 2 aromatic heterocycles. The second-order valence-electron chi connectivity index (χ2n) is 6.75. The molecule has 0 aromatic carbocycles. The van der Waals surface area contributed by atoms with Crippen LogP contribution in [0.5, 0.6) is 0 Å². The summed E-state index contributed by atoms with van der Waals surface area (Å²) in [7, 11) is 0. The number of fused-ring (bicyclic) bond motifs is 3. The van der Waals surface area contributed by atoms with Crippen LogP contribution in [0.25, 0.3) is 11.0 Å². The molecule has 1 aliphatic rings. The summed E-state index contributed by atoms with van der Waals surface area (Å²) in [6, 6.07) is 4.01. The highest BCUT2D eigenvalue weighted by atomic mass is 79.9. The first kappa shape index (κ1) is 15.5. The number of nitrogens with two attached hydrogens (primary N) is 1. The number of hydrogen-bond acceptors (Lipinski definition) is 4. The third kappa shape index (κ3) is 2.77. The molecule has 0 aliphatic heterocycles. The van der Waals surface area contributed by atoms with Crippen molar-refractivity contribution >= 4 is 33.1 Å². The zero-order chi connectivity index (χ0) is 16.1. The molecule has 22 heavy (non-hydrogen) atoms. The zero-order valence-corrected chi connectivity index (χ0v) is 14.6. The highest BCUT2D eigenvalue weighted by Crippen LogP contribution is 2.32. The van der Waals surface area contributed by atoms with E-state index in [9.17, 15) is 4.79 Å². The van der Waals surface area contributed by atoms with Crippen LogP contribution < -0.4 is 5.73 Å². The van der Waals surface area contributed by atoms with Gasteiger partial charge in [0.15, 0.2) is 5.65 Å². The highest BCUT2D eigenvalue weighted by Gasteiger charge is 2.29. The zero-order valence-electron chi connectivity index (χ0n) is 13.0. The second-order valence-corrected chi connectivity index (χ2v) is 7.56. The van der Waals surface area contributed by atoms with Gasteiger partial charge in [0.1, 0.15) is 10.2 Å². The van der Waals surface area contributed by atoms with Gasteiger partial charge >= 0.3 is 6.09 Å². The van der Waals surface area contributed by atoms with Crippen molar-refractivity contribution in [3.63, 3.8) is 0 Å². The summed E-state index contributed by atoms with van der Waals surface area (Å²) in [6.07, 6.45) is 2.03. The number of pyridine rings is 1. The average Bonchev–Trinajstić information content (AvgIpc) is 2.69. The SMILES string of the molecule is CC(C)(C)OC(=O)n1c2c(c3ccc(Br)nc31)CC(N)CC2. The number of hydrogen-bond donors (Lipinski definition) is 1. The van der Waals surface area contributed by atoms with Crippen LogP contribution in [0, 0.1) is 0 Å². The molecule has 0 saturated carbocycles. The summed E-state index contributed by atoms with van der Waals surface area (Å²) in [4.78, 5) is 17.1. The molecule has 2 aromatic rings. The van der Waals surface area contributed by atoms with E-state index >= 15 is 0 Å². The normalized spacial score (nSPS) is 18.3. The molecule has 1 aliphatic carbocycles. The summed E-state index contributed by atoms with van der Waals surface area (Å²) >= 11 is 3.38. The first-order valence-corrected chi connectivity index (χ1v) is 8.23. The van der Waals surface area contributed by atoms with E-state index in [1.807, 2.05) is 32.9 Å². The molecule has 2 heterocycles. The maximum atomic E-state index is 12.7. The molecule has 5 nitrogen and oxygen atoms in total. The number of carbonyl (C=O) groups is 1. The lowest BCUT2D eigenvalue weighted by Crippen LogP contribution is -2.31. The molecular formula is C16H20BrN3O2. The van der Waals surface area contributed by atoms with Gasteiger partial charge in [-0.2, -0.15) is 0 Å². The highest BCUT2D eigenvalue weighted by molar-refractivity contribution is 9.10. The van der Waals surface area contributed by atoms with Crippen molar-refractivity contribution in [2.45, 2.75) is 51.7 Å². The van der Waals surface area contributed by atoms with Crippen molar-refractivity contribution in [2.75, 3.05) is 0 Å². The fourth-order valence-corrected chi connectivity index (χ4v) is 3.23. The van der Waals surface area contributed by atoms with E-state index in [1.165, 1.54) is 0 Å². The molecule has 0 bridgehead atoms. The third-order valence-corrected chi connectivity index (χ3v) is 4.23. The Bertz CT molecular complexity index is 746. The molecule has 0 spiro atoms. The van der Waals surface area contributed by atoms with Crippen LogP contribution in [-0.2, 0) is 17.6 Å². The predicted molar refractivity (Wildman–Crippen MR) is 89.1 cm³/mol. The molecule has 0 radical (unpaired) electrons. The van der Waals surface area contributed by atoms with Gasteiger partial charge in [-0.3, -0.25) is 0 Å². The quantitative estimate of drug-likeness (QED) is 0.726. The molecule has 1 atom stereocenters. The Kier molecular flexibility index (Phi) is 3.77. The van der Waals surface area contributed by atoms with Gasteiger partial charge in [-0.1, -0.05) is 0 Å². The summed E-state index contributed by atoms with van der Waals surface area (Å²) in [5, 5.41) is 0.985. The Hall–Kier alpha value is -1.40. The van der Waals surface area contributed by atoms with E-state index in [0.717, 1.165) is 35.9 Å². The van der Waals surface area contributed by atoms with E-state index < -0.39 is 5.60 Å². The Morgan fingerprint density at radius 2 is 2.18 bits per heavy atom. The predicted octanol–water partition coefficient (Wildman–Crippen LogP) is 3.40. The Morgan fingerprint density at radius 1 is 1.45 bits per heavy atom. The van der Waals surface area contributed by atoms with Crippen molar-refractivity contribution in [3.05, 3.63) is 28.0 Å². The van der Waals surface area contributed by atoms with E-state index in [1.54, 1.807) is 4.57 Å². The number of ether oxygens (including phenoxy) is 1. The standard InChI is InChI=1S/C16H20BrN3O2/c1-16(2,3)22-15(21)20-12-6-4-9(18)8-11(12)10-5-7-13(17)19-14(10)20/h5,7,9H,4,6,8,18H2,1-3H3. The molecule has 118 valence electrons. The topological polar surface area (TPSA) is 70.1 Å². The van der Waals surface area contributed by atoms with Crippen molar-refractivity contribution in [1.82, 2.24) is 9.55 Å². The Labute approximate surface area is 138 Å². The van der Waals surface area contributed by atoms with E-state index in [-0.39, 0.29) is 12.1 Å². The van der Waals surface area contributed by atoms with Gasteiger partial charge in [0, 0.05) is 17.1 Å². The lowest BCUT2D eigenvalue weighted by molar-refractivity contribution is 0.0538. The van der Waals surface area contributed by atoms with Gasteiger partial charge in [-0.05, 0) is 73.7 Å². The average molecular weight is 366 g/mol. The maximum absolute atomic E-state index is 12.7. The molecule has 0 saturated heterocycles. The molecule has 0 fully saturated rings. The Morgan fingerprint density at radius 3 is 2.86 bits per heavy atom. The van der Waals surface area contributed by atoms with Crippen molar-refractivity contribution < 1.29 is 9.53 Å². The maximum Gasteiger partial charge on any atom is 0.420 e. The van der Waals surface area contributed by atoms with E-state index in [2.05, 4.69) is 20.9 Å². The van der Waals surface area contributed by atoms with Gasteiger partial charge in [0.25, 0.3) is 0 Å². The molecule has 6 heteroatoms. The summed E-state index contributed by atoms with van der Waals surface area (Å²) in [6.45, 7) is 5.59. The fourth-order valence-electron chi connectivity index (χ4n) is 2.93. The van der Waals surface area contributed by atoms with Crippen molar-refractivity contribution in [1.29, 1.82) is 0 Å². The largest absolute Gasteiger partial charge is 0.443 e. The van der Waals surface area contributed by atoms with Crippen LogP contribution in [-0.4, -0.2) is 27.3 Å². The van der Waals surface area contributed by atoms with E-state index in [4.69, 9.17) is 10.5 Å². The summed E-state index contributed by atoms with van der Waals surface area (Å²) in [5.41, 5.74) is 8.31. The minimum Gasteiger partial charge on any atom is -0.443 e. The van der Waals surface area contributed by atoms with Crippen LogP contribution >= 0.6 is 15.9 Å². The molecule has 3 rings (SSSR count). The summed E-state index contributed by atoms with van der Waals surface area (Å²) < 4.78 is 7.88. The van der Waals surface area contributed by atoms with Crippen molar-refractivity contribution in [3.8, 4) is 0 Å². The molecule has 2 N–H and O–H groups in total. The van der Waals surface area contributed by atoms with Gasteiger partial charge in [0.05, 0.1) is 0 Å². The lowest BCUT2D eigenvalue weighted by atomic mass is 9.92. The lowest BCUT2D eigenvalue weighted by Gasteiger charge is -2.23. The van der Waals surface area contributed by atoms with Crippen LogP contribution in [0.2, 0.25) is 0 Å². The second kappa shape index (κ2) is 5.35. The fraction of sp³-hybridized carbons (Fsp3) is 0.500. The van der Waals surface area contributed by atoms with Gasteiger partial charge < -0.3 is 10.5 Å². The molecule has 0 amide bonds. The van der Waals surface area contributed by atoms with Crippen LogP contribution in [0.3, 0.4) is 0 Å². The van der Waals surface area contributed by atoms with Crippen LogP contribution in [0.1, 0.15) is 38.4 Å². The number of aromatic nitrogens is 2. The van der Waals surface area contributed by atoms with Gasteiger partial charge in [-0.15, -0.1) is 0 Å². The van der Waals surface area contributed by atoms with Gasteiger partial charge in [0.2, 0.25) is 0 Å². The Balaban J connectivity index is 2.20. The number of halogens is 1. The third-order valence-electron chi connectivity index (χ3n) is 3.79. The van der Waals surface area contributed by atoms with Crippen molar-refractivity contribution in [2.24, 2.45) is 5.73 Å². The molecule has 1 unspecified atom stereocenters.